The number of amides is 1. The highest BCUT2D eigenvalue weighted by Crippen LogP contribution is 2.35. The molecule has 1 N–H and O–H groups in total. The number of carbonyl (C=O) groups excluding carboxylic acids is 2. The van der Waals surface area contributed by atoms with Gasteiger partial charge in [-0.2, -0.15) is 31.6 Å². The van der Waals surface area contributed by atoms with E-state index >= 15 is 0 Å². The number of nitriles is 1. The van der Waals surface area contributed by atoms with Gasteiger partial charge in [0.15, 0.2) is 5.78 Å². The predicted octanol–water partition coefficient (Wildman–Crippen LogP) is 6.21. The van der Waals surface area contributed by atoms with Gasteiger partial charge < -0.3 is 5.32 Å². The SMILES string of the molecule is Cn1c(=O)n(CC(F)(F)F)c2cc(NC(=O)c3cc(F)cc(C(F)(F)F)c3)c(C(=O)c3cc(F)ccc3Cl)c(C#N)c21. The quantitative estimate of drug-likeness (QED) is 0.213. The maximum absolute atomic E-state index is 14.0. The number of rotatable bonds is 5. The first-order valence-corrected chi connectivity index (χ1v) is 11.7. The van der Waals surface area contributed by atoms with E-state index in [1.165, 1.54) is 0 Å². The van der Waals surface area contributed by atoms with Crippen molar-refractivity contribution in [2.24, 2.45) is 7.05 Å². The summed E-state index contributed by atoms with van der Waals surface area (Å²) in [7, 11) is 1.01. The molecule has 3 aromatic carbocycles. The fourth-order valence-corrected chi connectivity index (χ4v) is 4.45. The van der Waals surface area contributed by atoms with Gasteiger partial charge >= 0.3 is 18.0 Å². The van der Waals surface area contributed by atoms with Gasteiger partial charge in [-0.1, -0.05) is 11.6 Å². The second-order valence-corrected chi connectivity index (χ2v) is 9.24. The van der Waals surface area contributed by atoms with E-state index in [0.29, 0.717) is 22.8 Å². The molecule has 0 aliphatic carbocycles. The van der Waals surface area contributed by atoms with Gasteiger partial charge in [0.2, 0.25) is 0 Å². The molecule has 1 amide bonds. The summed E-state index contributed by atoms with van der Waals surface area (Å²) in [5, 5.41) is 11.7. The Balaban J connectivity index is 2.04. The van der Waals surface area contributed by atoms with Gasteiger partial charge in [-0.3, -0.25) is 18.7 Å². The van der Waals surface area contributed by atoms with Crippen molar-refractivity contribution in [1.82, 2.24) is 9.13 Å². The summed E-state index contributed by atoms with van der Waals surface area (Å²) in [4.78, 5) is 39.4. The second-order valence-electron chi connectivity index (χ2n) is 8.83. The van der Waals surface area contributed by atoms with Crippen molar-refractivity contribution in [3.63, 3.8) is 0 Å². The molecule has 4 rings (SSSR count). The van der Waals surface area contributed by atoms with Crippen LogP contribution >= 0.6 is 11.6 Å². The molecule has 1 aromatic heterocycles. The van der Waals surface area contributed by atoms with Crippen molar-refractivity contribution in [2.75, 3.05) is 5.32 Å². The first-order valence-electron chi connectivity index (χ1n) is 11.3. The van der Waals surface area contributed by atoms with Crippen LogP contribution in [0, 0.1) is 23.0 Å². The van der Waals surface area contributed by atoms with Gasteiger partial charge in [0, 0.05) is 18.2 Å². The van der Waals surface area contributed by atoms with Crippen LogP contribution in [0.4, 0.5) is 40.8 Å². The van der Waals surface area contributed by atoms with Crippen molar-refractivity contribution in [1.29, 1.82) is 5.26 Å². The van der Waals surface area contributed by atoms with Crippen molar-refractivity contribution in [3.8, 4) is 6.07 Å². The molecule has 0 aliphatic rings. The van der Waals surface area contributed by atoms with Crippen LogP contribution in [-0.4, -0.2) is 27.0 Å². The third kappa shape index (κ3) is 5.70. The van der Waals surface area contributed by atoms with Gasteiger partial charge in [0.05, 0.1) is 38.4 Å². The Morgan fingerprint density at radius 1 is 1.00 bits per heavy atom. The monoisotopic (exact) mass is 616 g/mol. The van der Waals surface area contributed by atoms with E-state index in [0.717, 1.165) is 19.2 Å². The molecule has 0 saturated carbocycles. The number of fused-ring (bicyclic) bond motifs is 1. The van der Waals surface area contributed by atoms with Crippen molar-refractivity contribution < 1.29 is 44.7 Å². The minimum atomic E-state index is -5.07. The maximum Gasteiger partial charge on any atom is 0.416 e. The number of hydrogen-bond donors (Lipinski definition) is 1. The molecule has 0 radical (unpaired) electrons. The molecule has 4 aromatic rings. The zero-order valence-corrected chi connectivity index (χ0v) is 21.5. The fraction of sp³-hybridized carbons (Fsp3) is 0.154. The summed E-state index contributed by atoms with van der Waals surface area (Å²) in [6, 6.07) is 5.63. The zero-order chi connectivity index (χ0) is 31.3. The van der Waals surface area contributed by atoms with Crippen LogP contribution in [0.3, 0.4) is 0 Å². The standard InChI is InChI=1S/C26H13ClF8N4O3/c1-38-21-16(9-36)20(22(40)15-7-13(28)2-3-17(15)27)18(8-19(21)39(24(38)42)10-25(30,31)32)37-23(41)11-4-12(26(33,34)35)6-14(29)5-11/h2-8H,10H2,1H3,(H,37,41). The first kappa shape index (κ1) is 30.3. The summed E-state index contributed by atoms with van der Waals surface area (Å²) in [6.45, 7) is -1.86. The van der Waals surface area contributed by atoms with Crippen molar-refractivity contribution in [2.45, 2.75) is 18.9 Å². The molecule has 0 bridgehead atoms. The number of carbonyl (C=O) groups is 2. The number of aromatic nitrogens is 2. The number of hydrogen-bond acceptors (Lipinski definition) is 4. The lowest BCUT2D eigenvalue weighted by molar-refractivity contribution is -0.140. The number of halogens is 9. The van der Waals surface area contributed by atoms with Crippen LogP contribution in [0.1, 0.15) is 37.4 Å². The molecule has 0 fully saturated rings. The topological polar surface area (TPSA) is 96.9 Å². The number of anilines is 1. The number of imidazole rings is 1. The first-order chi connectivity index (χ1) is 19.4. The van der Waals surface area contributed by atoms with Gasteiger partial charge in [0.25, 0.3) is 5.91 Å². The van der Waals surface area contributed by atoms with Crippen LogP contribution in [0.25, 0.3) is 11.0 Å². The number of nitrogens with one attached hydrogen (secondary N) is 1. The molecular weight excluding hydrogens is 604 g/mol. The fourth-order valence-electron chi connectivity index (χ4n) is 4.24. The molecular formula is C26H13ClF8N4O3. The predicted molar refractivity (Wildman–Crippen MR) is 132 cm³/mol. The third-order valence-electron chi connectivity index (χ3n) is 6.01. The minimum absolute atomic E-state index is 0.108. The minimum Gasteiger partial charge on any atom is -0.321 e. The average molecular weight is 617 g/mol. The van der Waals surface area contributed by atoms with E-state index in [2.05, 4.69) is 0 Å². The van der Waals surface area contributed by atoms with Crippen molar-refractivity contribution in [3.05, 3.63) is 97.4 Å². The Kier molecular flexibility index (Phi) is 7.64. The van der Waals surface area contributed by atoms with E-state index in [-0.39, 0.29) is 21.7 Å². The number of ketones is 1. The van der Waals surface area contributed by atoms with Crippen LogP contribution in [0.15, 0.2) is 47.3 Å². The molecule has 0 saturated heterocycles. The zero-order valence-electron chi connectivity index (χ0n) is 20.7. The number of benzene rings is 3. The van der Waals surface area contributed by atoms with Crippen LogP contribution in [-0.2, 0) is 19.8 Å². The Bertz CT molecular complexity index is 1880. The van der Waals surface area contributed by atoms with Gasteiger partial charge in [-0.25, -0.2) is 13.6 Å². The van der Waals surface area contributed by atoms with E-state index in [9.17, 15) is 54.8 Å². The Morgan fingerprint density at radius 2 is 1.67 bits per heavy atom. The Labute approximate surface area is 234 Å². The molecule has 0 atom stereocenters. The molecule has 16 heteroatoms. The number of aryl methyl sites for hydroxylation is 1. The van der Waals surface area contributed by atoms with Gasteiger partial charge in [0.1, 0.15) is 24.2 Å². The summed E-state index contributed by atoms with van der Waals surface area (Å²) >= 11 is 6.03. The Hall–Kier alpha value is -4.71. The lowest BCUT2D eigenvalue weighted by atomic mass is 9.95. The largest absolute Gasteiger partial charge is 0.416 e. The summed E-state index contributed by atoms with van der Waals surface area (Å²) in [6.07, 6.45) is -10.0. The lowest BCUT2D eigenvalue weighted by Crippen LogP contribution is -2.28. The van der Waals surface area contributed by atoms with Gasteiger partial charge in [-0.15, -0.1) is 0 Å². The highest BCUT2D eigenvalue weighted by Gasteiger charge is 2.34. The highest BCUT2D eigenvalue weighted by atomic mass is 35.5. The number of alkyl halides is 6. The molecule has 42 heavy (non-hydrogen) atoms. The normalized spacial score (nSPS) is 11.9. The summed E-state index contributed by atoms with van der Waals surface area (Å²) in [5.41, 5.74) is -7.66. The second kappa shape index (κ2) is 10.6. The van der Waals surface area contributed by atoms with Crippen LogP contribution < -0.4 is 11.0 Å². The van der Waals surface area contributed by atoms with E-state index < -0.39 is 92.5 Å². The molecule has 218 valence electrons. The van der Waals surface area contributed by atoms with Crippen LogP contribution in [0.5, 0.6) is 0 Å². The number of nitrogens with zero attached hydrogens (tertiary/aromatic N) is 3. The van der Waals surface area contributed by atoms with Crippen LogP contribution in [0.2, 0.25) is 5.02 Å². The highest BCUT2D eigenvalue weighted by molar-refractivity contribution is 6.35. The molecule has 7 nitrogen and oxygen atoms in total. The van der Waals surface area contributed by atoms with E-state index in [1.807, 2.05) is 5.32 Å². The summed E-state index contributed by atoms with van der Waals surface area (Å²) in [5.74, 6) is -5.13. The van der Waals surface area contributed by atoms with E-state index in [4.69, 9.17) is 11.6 Å². The Morgan fingerprint density at radius 3 is 2.26 bits per heavy atom. The summed E-state index contributed by atoms with van der Waals surface area (Å²) < 4.78 is 108. The smallest absolute Gasteiger partial charge is 0.321 e. The lowest BCUT2D eigenvalue weighted by Gasteiger charge is -2.16. The molecule has 0 spiro atoms. The van der Waals surface area contributed by atoms with Crippen molar-refractivity contribution >= 4 is 40.0 Å². The van der Waals surface area contributed by atoms with E-state index in [1.54, 1.807) is 6.07 Å². The third-order valence-corrected chi connectivity index (χ3v) is 6.34. The van der Waals surface area contributed by atoms with Gasteiger partial charge in [-0.05, 0) is 42.5 Å². The average Bonchev–Trinajstić information content (AvgIpc) is 3.11. The molecule has 0 aliphatic heterocycles. The molecule has 0 unspecified atom stereocenters. The maximum atomic E-state index is 14.0. The molecule has 1 heterocycles.